The van der Waals surface area contributed by atoms with Crippen LogP contribution in [-0.2, 0) is 25.7 Å². The maximum absolute atomic E-state index is 4.51. The summed E-state index contributed by atoms with van der Waals surface area (Å²) in [6.45, 7) is 8.71. The quantitative estimate of drug-likeness (QED) is 0.508. The molecule has 2 heteroatoms. The van der Waals surface area contributed by atoms with Crippen LogP contribution in [0.4, 0.5) is 5.69 Å². The van der Waals surface area contributed by atoms with Gasteiger partial charge in [-0.05, 0) is 59.6 Å². The van der Waals surface area contributed by atoms with Crippen LogP contribution < -0.4 is 0 Å². The van der Waals surface area contributed by atoms with Gasteiger partial charge in [-0.25, -0.2) is 0 Å². The van der Waals surface area contributed by atoms with Crippen molar-refractivity contribution in [2.45, 2.75) is 53.4 Å². The van der Waals surface area contributed by atoms with Crippen molar-refractivity contribution in [1.29, 1.82) is 0 Å². The summed E-state index contributed by atoms with van der Waals surface area (Å²) in [5.41, 5.74) is 7.57. The summed E-state index contributed by atoms with van der Waals surface area (Å²) in [6, 6.07) is 12.9. The van der Waals surface area contributed by atoms with Crippen LogP contribution in [0.25, 0.3) is 6.08 Å². The molecule has 2 aromatic rings. The van der Waals surface area contributed by atoms with Gasteiger partial charge < -0.3 is 0 Å². The first-order valence-electron chi connectivity index (χ1n) is 9.03. The van der Waals surface area contributed by atoms with Gasteiger partial charge in [0.05, 0.1) is 11.9 Å². The van der Waals surface area contributed by atoms with E-state index < -0.39 is 0 Å². The Morgan fingerprint density at radius 2 is 1.17 bits per heavy atom. The molecule has 0 aliphatic carbocycles. The average molecular weight is 320 g/mol. The molecule has 0 saturated carbocycles. The van der Waals surface area contributed by atoms with Gasteiger partial charge in [-0.3, -0.25) is 0 Å². The first kappa shape index (κ1) is 18.1. The summed E-state index contributed by atoms with van der Waals surface area (Å²) in [6.07, 6.45) is 7.95. The molecule has 0 radical (unpaired) electrons. The Balaban J connectivity index is 2.29. The minimum absolute atomic E-state index is 0.977. The molecule has 2 nitrogen and oxygen atoms in total. The van der Waals surface area contributed by atoms with E-state index in [9.17, 15) is 0 Å². The molecule has 24 heavy (non-hydrogen) atoms. The maximum atomic E-state index is 4.51. The van der Waals surface area contributed by atoms with Crippen molar-refractivity contribution in [2.24, 2.45) is 10.2 Å². The van der Waals surface area contributed by atoms with Gasteiger partial charge in [0, 0.05) is 0 Å². The second-order valence-corrected chi connectivity index (χ2v) is 5.86. The molecule has 0 fully saturated rings. The Hall–Kier alpha value is -2.22. The highest BCUT2D eigenvalue weighted by molar-refractivity contribution is 5.58. The second kappa shape index (κ2) is 9.17. The number of rotatable bonds is 7. The predicted octanol–water partition coefficient (Wildman–Crippen LogP) is 6.69. The largest absolute Gasteiger partial charge is 0.159 e. The fraction of sp³-hybridized carbons (Fsp3) is 0.364. The van der Waals surface area contributed by atoms with E-state index in [-0.39, 0.29) is 0 Å². The summed E-state index contributed by atoms with van der Waals surface area (Å²) in [7, 11) is 0. The summed E-state index contributed by atoms with van der Waals surface area (Å²) in [5.74, 6) is 0. The van der Waals surface area contributed by atoms with Gasteiger partial charge in [0.2, 0.25) is 0 Å². The van der Waals surface area contributed by atoms with Crippen LogP contribution in [0.15, 0.2) is 52.8 Å². The zero-order chi connectivity index (χ0) is 17.4. The number of hydrogen-bond donors (Lipinski definition) is 0. The fourth-order valence-corrected chi connectivity index (χ4v) is 3.04. The number of hydrogen-bond acceptors (Lipinski definition) is 2. The molecule has 0 aliphatic rings. The SMILES string of the molecule is CCc1cccc(CC)c1C=CN=Nc1c(CC)cccc1CC. The minimum Gasteiger partial charge on any atom is -0.159 e. The first-order valence-corrected chi connectivity index (χ1v) is 9.03. The van der Waals surface area contributed by atoms with E-state index in [1.165, 1.54) is 27.8 Å². The molecule has 0 amide bonds. The molecule has 0 bridgehead atoms. The smallest absolute Gasteiger partial charge is 0.0920 e. The Kier molecular flexibility index (Phi) is 6.92. The van der Waals surface area contributed by atoms with Gasteiger partial charge in [-0.15, -0.1) is 0 Å². The summed E-state index contributed by atoms with van der Waals surface area (Å²) in [4.78, 5) is 0. The van der Waals surface area contributed by atoms with E-state index in [1.807, 2.05) is 6.20 Å². The molecule has 2 rings (SSSR count). The van der Waals surface area contributed by atoms with E-state index in [2.05, 4.69) is 80.4 Å². The van der Waals surface area contributed by atoms with Gasteiger partial charge in [-0.1, -0.05) is 64.1 Å². The lowest BCUT2D eigenvalue weighted by Crippen LogP contribution is -1.92. The maximum Gasteiger partial charge on any atom is 0.0920 e. The third-order valence-electron chi connectivity index (χ3n) is 4.48. The van der Waals surface area contributed by atoms with Crippen molar-refractivity contribution < 1.29 is 0 Å². The van der Waals surface area contributed by atoms with Crippen LogP contribution in [0.3, 0.4) is 0 Å². The molecule has 2 aromatic carbocycles. The molecule has 0 N–H and O–H groups in total. The van der Waals surface area contributed by atoms with Crippen LogP contribution in [0.1, 0.15) is 55.5 Å². The van der Waals surface area contributed by atoms with Crippen molar-refractivity contribution in [3.05, 3.63) is 70.4 Å². The summed E-state index contributed by atoms with van der Waals surface area (Å²) < 4.78 is 0. The van der Waals surface area contributed by atoms with Crippen molar-refractivity contribution in [3.8, 4) is 0 Å². The fourth-order valence-electron chi connectivity index (χ4n) is 3.04. The average Bonchev–Trinajstić information content (AvgIpc) is 2.64. The van der Waals surface area contributed by atoms with Gasteiger partial charge in [0.15, 0.2) is 0 Å². The molecule has 0 aliphatic heterocycles. The molecular formula is C22H28N2. The lowest BCUT2D eigenvalue weighted by molar-refractivity contribution is 1.05. The highest BCUT2D eigenvalue weighted by Crippen LogP contribution is 2.26. The van der Waals surface area contributed by atoms with E-state index >= 15 is 0 Å². The van der Waals surface area contributed by atoms with Crippen molar-refractivity contribution >= 4 is 11.8 Å². The van der Waals surface area contributed by atoms with Crippen molar-refractivity contribution in [2.75, 3.05) is 0 Å². The molecule has 126 valence electrons. The highest BCUT2D eigenvalue weighted by atomic mass is 15.1. The minimum atomic E-state index is 0.977. The monoisotopic (exact) mass is 320 g/mol. The van der Waals surface area contributed by atoms with Crippen LogP contribution in [0.2, 0.25) is 0 Å². The zero-order valence-electron chi connectivity index (χ0n) is 15.3. The van der Waals surface area contributed by atoms with Crippen LogP contribution in [-0.4, -0.2) is 0 Å². The van der Waals surface area contributed by atoms with E-state index in [0.717, 1.165) is 31.4 Å². The topological polar surface area (TPSA) is 24.7 Å². The molecule has 0 aromatic heterocycles. The van der Waals surface area contributed by atoms with E-state index in [0.29, 0.717) is 0 Å². The van der Waals surface area contributed by atoms with Gasteiger partial charge in [-0.2, -0.15) is 10.2 Å². The Morgan fingerprint density at radius 1 is 0.708 bits per heavy atom. The third-order valence-corrected chi connectivity index (χ3v) is 4.48. The van der Waals surface area contributed by atoms with Gasteiger partial charge >= 0.3 is 0 Å². The number of nitrogens with zero attached hydrogens (tertiary/aromatic N) is 2. The number of aryl methyl sites for hydroxylation is 4. The highest BCUT2D eigenvalue weighted by Gasteiger charge is 2.05. The zero-order valence-corrected chi connectivity index (χ0v) is 15.3. The summed E-state index contributed by atoms with van der Waals surface area (Å²) >= 11 is 0. The predicted molar refractivity (Wildman–Crippen MR) is 104 cm³/mol. The van der Waals surface area contributed by atoms with Gasteiger partial charge in [0.25, 0.3) is 0 Å². The lowest BCUT2D eigenvalue weighted by atomic mass is 9.98. The molecular weight excluding hydrogens is 292 g/mol. The summed E-state index contributed by atoms with van der Waals surface area (Å²) in [5, 5.41) is 8.86. The molecule has 0 heterocycles. The number of azo groups is 1. The van der Waals surface area contributed by atoms with Crippen molar-refractivity contribution in [3.63, 3.8) is 0 Å². The Labute approximate surface area is 146 Å². The van der Waals surface area contributed by atoms with E-state index in [1.54, 1.807) is 0 Å². The number of benzene rings is 2. The Bertz CT molecular complexity index is 619. The molecule has 0 spiro atoms. The lowest BCUT2D eigenvalue weighted by Gasteiger charge is -2.08. The first-order chi connectivity index (χ1) is 11.7. The third kappa shape index (κ3) is 4.19. The van der Waals surface area contributed by atoms with Crippen LogP contribution >= 0.6 is 0 Å². The molecule has 0 saturated heterocycles. The normalized spacial score (nSPS) is 11.7. The van der Waals surface area contributed by atoms with Gasteiger partial charge in [0.1, 0.15) is 0 Å². The standard InChI is InChI=1S/C22H28N2/c1-5-17-11-9-12-18(6-2)21(17)15-16-23-24-22-19(7-3)13-10-14-20(22)8-4/h9-16H,5-8H2,1-4H3. The van der Waals surface area contributed by atoms with Crippen LogP contribution in [0, 0.1) is 0 Å². The van der Waals surface area contributed by atoms with E-state index in [4.69, 9.17) is 0 Å². The molecule has 0 unspecified atom stereocenters. The van der Waals surface area contributed by atoms with Crippen LogP contribution in [0.5, 0.6) is 0 Å². The second-order valence-electron chi connectivity index (χ2n) is 5.86. The Morgan fingerprint density at radius 3 is 1.62 bits per heavy atom. The van der Waals surface area contributed by atoms with Crippen molar-refractivity contribution in [1.82, 2.24) is 0 Å². The molecule has 0 atom stereocenters.